The monoisotopic (exact) mass is 288 g/mol. The zero-order chi connectivity index (χ0) is 15.1. The number of aromatic nitrogens is 1. The fraction of sp³-hybridized carbons (Fsp3) is 0.400. The van der Waals surface area contributed by atoms with Gasteiger partial charge in [0.2, 0.25) is 0 Å². The van der Waals surface area contributed by atoms with E-state index in [4.69, 9.17) is 5.11 Å². The molecule has 0 spiro atoms. The van der Waals surface area contributed by atoms with E-state index in [1.807, 2.05) is 19.1 Å². The van der Waals surface area contributed by atoms with E-state index in [-0.39, 0.29) is 22.9 Å². The third kappa shape index (κ3) is 2.37. The lowest BCUT2D eigenvalue weighted by Gasteiger charge is -2.05. The quantitative estimate of drug-likeness (QED) is 0.651. The molecule has 0 radical (unpaired) electrons. The summed E-state index contributed by atoms with van der Waals surface area (Å²) in [4.78, 5) is 25.2. The molecule has 6 heteroatoms. The topological polar surface area (TPSA) is 96.2 Å². The molecule has 2 N–H and O–H groups in total. The normalized spacial score (nSPS) is 14.5. The van der Waals surface area contributed by atoms with E-state index in [2.05, 4.69) is 4.98 Å². The molecule has 110 valence electrons. The number of carboxylic acids is 1. The summed E-state index contributed by atoms with van der Waals surface area (Å²) in [5.41, 5.74) is 3.20. The minimum Gasteiger partial charge on any atom is -0.481 e. The highest BCUT2D eigenvalue weighted by atomic mass is 16.6. The molecule has 1 aliphatic rings. The van der Waals surface area contributed by atoms with Crippen LogP contribution in [0.2, 0.25) is 0 Å². The van der Waals surface area contributed by atoms with Crippen LogP contribution in [0.25, 0.3) is 10.9 Å². The van der Waals surface area contributed by atoms with Crippen molar-refractivity contribution in [2.45, 2.75) is 38.5 Å². The fourth-order valence-electron chi connectivity index (χ4n) is 2.95. The van der Waals surface area contributed by atoms with Gasteiger partial charge in [0.1, 0.15) is 0 Å². The van der Waals surface area contributed by atoms with Crippen LogP contribution in [-0.2, 0) is 11.2 Å². The van der Waals surface area contributed by atoms with Gasteiger partial charge in [-0.3, -0.25) is 14.9 Å². The van der Waals surface area contributed by atoms with Gasteiger partial charge in [-0.25, -0.2) is 0 Å². The summed E-state index contributed by atoms with van der Waals surface area (Å²) in [6.45, 7) is 1.83. The van der Waals surface area contributed by atoms with Gasteiger partial charge in [-0.1, -0.05) is 0 Å². The Labute approximate surface area is 120 Å². The van der Waals surface area contributed by atoms with Crippen LogP contribution < -0.4 is 0 Å². The third-order valence-corrected chi connectivity index (χ3v) is 4.07. The average molecular weight is 288 g/mol. The minimum absolute atomic E-state index is 0.0292. The molecule has 1 aliphatic carbocycles. The number of nitrogens with zero attached hydrogens (tertiary/aromatic N) is 1. The van der Waals surface area contributed by atoms with Crippen molar-refractivity contribution in [2.24, 2.45) is 0 Å². The fourth-order valence-corrected chi connectivity index (χ4v) is 2.95. The predicted molar refractivity (Wildman–Crippen MR) is 77.6 cm³/mol. The maximum atomic E-state index is 11.5. The Morgan fingerprint density at radius 1 is 1.48 bits per heavy atom. The Kier molecular flexibility index (Phi) is 3.16. The SMILES string of the molecule is Cc1[nH]c2ccc(C3CC3)c([N+](=O)[O-])c2c1CCC(=O)O. The van der Waals surface area contributed by atoms with Gasteiger partial charge in [-0.15, -0.1) is 0 Å². The van der Waals surface area contributed by atoms with E-state index in [1.165, 1.54) is 0 Å². The number of aromatic amines is 1. The number of rotatable bonds is 5. The molecule has 21 heavy (non-hydrogen) atoms. The van der Waals surface area contributed by atoms with Crippen molar-refractivity contribution in [2.75, 3.05) is 0 Å². The molecule has 3 rings (SSSR count). The highest BCUT2D eigenvalue weighted by Gasteiger charge is 2.33. The van der Waals surface area contributed by atoms with Crippen molar-refractivity contribution in [1.82, 2.24) is 4.98 Å². The van der Waals surface area contributed by atoms with Crippen molar-refractivity contribution < 1.29 is 14.8 Å². The lowest BCUT2D eigenvalue weighted by Crippen LogP contribution is -2.00. The van der Waals surface area contributed by atoms with Crippen molar-refractivity contribution in [3.05, 3.63) is 39.1 Å². The number of benzene rings is 1. The highest BCUT2D eigenvalue weighted by Crippen LogP contribution is 2.47. The zero-order valence-electron chi connectivity index (χ0n) is 11.7. The van der Waals surface area contributed by atoms with Gasteiger partial charge in [0.25, 0.3) is 5.69 Å². The summed E-state index contributed by atoms with van der Waals surface area (Å²) in [5.74, 6) is -0.623. The molecule has 0 bridgehead atoms. The standard InChI is InChI=1S/C15H16N2O4/c1-8-10(5-7-13(18)19)14-12(16-8)6-4-11(9-2-3-9)15(14)17(20)21/h4,6,9,16H,2-3,5,7H2,1H3,(H,18,19). The Balaban J connectivity index is 2.21. The minimum atomic E-state index is -0.898. The first-order valence-electron chi connectivity index (χ1n) is 6.99. The van der Waals surface area contributed by atoms with Crippen LogP contribution in [0.4, 0.5) is 5.69 Å². The summed E-state index contributed by atoms with van der Waals surface area (Å²) >= 11 is 0. The number of nitrogens with one attached hydrogen (secondary N) is 1. The van der Waals surface area contributed by atoms with Gasteiger partial charge in [0.05, 0.1) is 15.8 Å². The van der Waals surface area contributed by atoms with Gasteiger partial charge in [-0.2, -0.15) is 0 Å². The Bertz CT molecular complexity index is 744. The molecule has 0 aliphatic heterocycles. The van der Waals surface area contributed by atoms with Crippen LogP contribution in [0.5, 0.6) is 0 Å². The summed E-state index contributed by atoms with van der Waals surface area (Å²) in [6.07, 6.45) is 2.25. The molecular weight excluding hydrogens is 272 g/mol. The smallest absolute Gasteiger partial charge is 0.303 e. The first kappa shape index (κ1) is 13.6. The molecule has 0 atom stereocenters. The summed E-state index contributed by atoms with van der Waals surface area (Å²) in [5, 5.41) is 21.0. The molecule has 0 saturated heterocycles. The Morgan fingerprint density at radius 2 is 2.19 bits per heavy atom. The van der Waals surface area contributed by atoms with E-state index in [0.29, 0.717) is 17.3 Å². The molecule has 1 saturated carbocycles. The van der Waals surface area contributed by atoms with Gasteiger partial charge in [-0.05, 0) is 49.8 Å². The Hall–Kier alpha value is -2.37. The second-order valence-corrected chi connectivity index (χ2v) is 5.58. The maximum absolute atomic E-state index is 11.5. The molecular formula is C15H16N2O4. The van der Waals surface area contributed by atoms with Gasteiger partial charge >= 0.3 is 5.97 Å². The van der Waals surface area contributed by atoms with Crippen molar-refractivity contribution in [3.8, 4) is 0 Å². The second kappa shape index (κ2) is 4.87. The highest BCUT2D eigenvalue weighted by molar-refractivity contribution is 5.95. The van der Waals surface area contributed by atoms with Gasteiger partial charge in [0.15, 0.2) is 0 Å². The van der Waals surface area contributed by atoms with E-state index >= 15 is 0 Å². The van der Waals surface area contributed by atoms with E-state index in [1.54, 1.807) is 0 Å². The second-order valence-electron chi connectivity index (χ2n) is 5.58. The lowest BCUT2D eigenvalue weighted by molar-refractivity contribution is -0.383. The number of fused-ring (bicyclic) bond motifs is 1. The van der Waals surface area contributed by atoms with Crippen LogP contribution in [-0.4, -0.2) is 21.0 Å². The van der Waals surface area contributed by atoms with Crippen molar-refractivity contribution >= 4 is 22.6 Å². The zero-order valence-corrected chi connectivity index (χ0v) is 11.7. The van der Waals surface area contributed by atoms with Gasteiger partial charge in [0, 0.05) is 17.7 Å². The average Bonchev–Trinajstić information content (AvgIpc) is 3.19. The number of aryl methyl sites for hydroxylation is 2. The number of hydrogen-bond donors (Lipinski definition) is 2. The molecule has 1 aromatic carbocycles. The number of nitro benzene ring substituents is 1. The number of H-pyrrole nitrogens is 1. The molecule has 1 aromatic heterocycles. The third-order valence-electron chi connectivity index (χ3n) is 4.07. The van der Waals surface area contributed by atoms with Gasteiger partial charge < -0.3 is 10.1 Å². The number of carboxylic acid groups (broad SMARTS) is 1. The lowest BCUT2D eigenvalue weighted by atomic mass is 9.99. The van der Waals surface area contributed by atoms with Crippen LogP contribution in [0, 0.1) is 17.0 Å². The summed E-state index contributed by atoms with van der Waals surface area (Å²) < 4.78 is 0. The molecule has 6 nitrogen and oxygen atoms in total. The number of hydrogen-bond acceptors (Lipinski definition) is 3. The first-order chi connectivity index (χ1) is 9.99. The summed E-state index contributed by atoms with van der Waals surface area (Å²) in [6, 6.07) is 3.70. The molecule has 1 fully saturated rings. The largest absolute Gasteiger partial charge is 0.481 e. The molecule has 1 heterocycles. The van der Waals surface area contributed by atoms with Crippen LogP contribution in [0.15, 0.2) is 12.1 Å². The molecule has 0 amide bonds. The van der Waals surface area contributed by atoms with E-state index in [9.17, 15) is 14.9 Å². The maximum Gasteiger partial charge on any atom is 0.303 e. The van der Waals surface area contributed by atoms with Crippen LogP contribution in [0.1, 0.15) is 42.0 Å². The van der Waals surface area contributed by atoms with Crippen molar-refractivity contribution in [3.63, 3.8) is 0 Å². The van der Waals surface area contributed by atoms with Crippen molar-refractivity contribution in [1.29, 1.82) is 0 Å². The van der Waals surface area contributed by atoms with Crippen LogP contribution in [0.3, 0.4) is 0 Å². The van der Waals surface area contributed by atoms with Crippen LogP contribution >= 0.6 is 0 Å². The summed E-state index contributed by atoms with van der Waals surface area (Å²) in [7, 11) is 0. The number of aliphatic carboxylic acids is 1. The van der Waals surface area contributed by atoms with E-state index in [0.717, 1.165) is 29.7 Å². The van der Waals surface area contributed by atoms with E-state index < -0.39 is 5.97 Å². The molecule has 2 aromatic rings. The Morgan fingerprint density at radius 3 is 2.76 bits per heavy atom. The number of nitro groups is 1. The molecule has 0 unspecified atom stereocenters. The predicted octanol–water partition coefficient (Wildman–Crippen LogP) is 3.28. The number of carbonyl (C=O) groups is 1. The first-order valence-corrected chi connectivity index (χ1v) is 6.99.